The Hall–Kier alpha value is -2.62. The number of oxime groups is 1. The Balaban J connectivity index is 1.98. The average molecular weight is 367 g/mol. The highest BCUT2D eigenvalue weighted by Gasteiger charge is 2.21. The lowest BCUT2D eigenvalue weighted by Crippen LogP contribution is -2.23. The number of hydrogen-bond acceptors (Lipinski definition) is 3. The van der Waals surface area contributed by atoms with Crippen LogP contribution in [0, 0.1) is 5.41 Å². The van der Waals surface area contributed by atoms with Crippen LogP contribution in [0.2, 0.25) is 0 Å². The molecule has 4 nitrogen and oxygen atoms in total. The molecule has 0 aliphatic heterocycles. The highest BCUT2D eigenvalue weighted by atomic mass is 16.6. The van der Waals surface area contributed by atoms with Crippen molar-refractivity contribution in [3.63, 3.8) is 0 Å². The van der Waals surface area contributed by atoms with Crippen LogP contribution >= 0.6 is 0 Å². The van der Waals surface area contributed by atoms with E-state index in [1.54, 1.807) is 0 Å². The molecule has 2 aromatic carbocycles. The van der Waals surface area contributed by atoms with E-state index in [2.05, 4.69) is 52.0 Å². The van der Waals surface area contributed by atoms with Crippen molar-refractivity contribution in [2.45, 2.75) is 47.0 Å². The first-order chi connectivity index (χ1) is 12.6. The van der Waals surface area contributed by atoms with Crippen molar-refractivity contribution in [2.24, 2.45) is 10.6 Å². The molecule has 0 bridgehead atoms. The van der Waals surface area contributed by atoms with Gasteiger partial charge in [0.2, 0.25) is 0 Å². The fraction of sp³-hybridized carbons (Fsp3) is 0.391. The van der Waals surface area contributed by atoms with Gasteiger partial charge in [0.15, 0.2) is 6.61 Å². The van der Waals surface area contributed by atoms with Gasteiger partial charge in [0.25, 0.3) is 5.91 Å². The molecule has 0 saturated carbocycles. The third kappa shape index (κ3) is 6.24. The number of nitrogens with zero attached hydrogens (tertiary/aromatic N) is 1. The number of amides is 1. The van der Waals surface area contributed by atoms with Crippen LogP contribution in [0.15, 0.2) is 59.8 Å². The maximum absolute atomic E-state index is 12.2. The second-order valence-corrected chi connectivity index (χ2v) is 8.70. The van der Waals surface area contributed by atoms with E-state index in [0.29, 0.717) is 0 Å². The SMILES string of the molecule is CC(C)(C)/C(=N/OCC(=O)Nc1ccc(C(C)(C)C)cc1)c1ccccc1. The molecule has 1 amide bonds. The van der Waals surface area contributed by atoms with Crippen LogP contribution in [0.25, 0.3) is 0 Å². The highest BCUT2D eigenvalue weighted by Crippen LogP contribution is 2.24. The Morgan fingerprint density at radius 1 is 0.926 bits per heavy atom. The molecule has 0 atom stereocenters. The highest BCUT2D eigenvalue weighted by molar-refractivity contribution is 6.03. The van der Waals surface area contributed by atoms with E-state index in [-0.39, 0.29) is 23.3 Å². The van der Waals surface area contributed by atoms with Crippen LogP contribution in [0.4, 0.5) is 5.69 Å². The monoisotopic (exact) mass is 366 g/mol. The van der Waals surface area contributed by atoms with E-state index < -0.39 is 0 Å². The third-order valence-corrected chi connectivity index (χ3v) is 4.14. The van der Waals surface area contributed by atoms with Crippen molar-refractivity contribution in [2.75, 3.05) is 11.9 Å². The van der Waals surface area contributed by atoms with E-state index in [0.717, 1.165) is 17.0 Å². The molecule has 1 N–H and O–H groups in total. The van der Waals surface area contributed by atoms with Gasteiger partial charge in [-0.15, -0.1) is 0 Å². The van der Waals surface area contributed by atoms with Gasteiger partial charge in [0, 0.05) is 11.1 Å². The summed E-state index contributed by atoms with van der Waals surface area (Å²) in [5, 5.41) is 7.09. The molecule has 144 valence electrons. The van der Waals surface area contributed by atoms with Gasteiger partial charge < -0.3 is 10.2 Å². The van der Waals surface area contributed by atoms with Gasteiger partial charge in [-0.1, -0.05) is 89.2 Å². The lowest BCUT2D eigenvalue weighted by molar-refractivity contribution is -0.120. The lowest BCUT2D eigenvalue weighted by atomic mass is 9.86. The molecular formula is C23H30N2O2. The van der Waals surface area contributed by atoms with Gasteiger partial charge in [-0.05, 0) is 28.7 Å². The summed E-state index contributed by atoms with van der Waals surface area (Å²) in [4.78, 5) is 17.5. The molecule has 0 aromatic heterocycles. The molecule has 2 rings (SSSR count). The Kier molecular flexibility index (Phi) is 6.42. The Morgan fingerprint density at radius 2 is 1.52 bits per heavy atom. The minimum atomic E-state index is -0.233. The van der Waals surface area contributed by atoms with Crippen LogP contribution in [-0.2, 0) is 15.0 Å². The molecule has 0 fully saturated rings. The predicted molar refractivity (Wildman–Crippen MR) is 112 cm³/mol. The normalized spacial score (nSPS) is 12.6. The van der Waals surface area contributed by atoms with E-state index in [1.165, 1.54) is 5.56 Å². The quantitative estimate of drug-likeness (QED) is 0.570. The Bertz CT molecular complexity index is 780. The molecule has 0 unspecified atom stereocenters. The van der Waals surface area contributed by atoms with Crippen molar-refractivity contribution in [3.8, 4) is 0 Å². The number of anilines is 1. The van der Waals surface area contributed by atoms with Crippen molar-refractivity contribution >= 4 is 17.3 Å². The molecule has 27 heavy (non-hydrogen) atoms. The van der Waals surface area contributed by atoms with Crippen molar-refractivity contribution < 1.29 is 9.63 Å². The number of rotatable bonds is 5. The molecule has 2 aromatic rings. The smallest absolute Gasteiger partial charge is 0.265 e. The standard InChI is InChI=1S/C23H30N2O2/c1-22(2,3)18-12-14-19(15-13-18)24-20(26)16-27-25-21(23(4,5)6)17-10-8-7-9-11-17/h7-15H,16H2,1-6H3,(H,24,26)/b25-21+. The fourth-order valence-corrected chi connectivity index (χ4v) is 2.62. The molecular weight excluding hydrogens is 336 g/mol. The van der Waals surface area contributed by atoms with Crippen LogP contribution < -0.4 is 5.32 Å². The fourth-order valence-electron chi connectivity index (χ4n) is 2.62. The number of carbonyl (C=O) groups is 1. The maximum Gasteiger partial charge on any atom is 0.265 e. The third-order valence-electron chi connectivity index (χ3n) is 4.14. The van der Waals surface area contributed by atoms with Gasteiger partial charge >= 0.3 is 0 Å². The molecule has 0 radical (unpaired) electrons. The van der Waals surface area contributed by atoms with Crippen molar-refractivity contribution in [1.29, 1.82) is 0 Å². The minimum absolute atomic E-state index is 0.0845. The molecule has 0 heterocycles. The zero-order valence-electron chi connectivity index (χ0n) is 17.2. The number of hydrogen-bond donors (Lipinski definition) is 1. The van der Waals surface area contributed by atoms with Gasteiger partial charge in [0.1, 0.15) is 0 Å². The first-order valence-corrected chi connectivity index (χ1v) is 9.23. The van der Waals surface area contributed by atoms with Gasteiger partial charge in [-0.25, -0.2) is 0 Å². The average Bonchev–Trinajstić information content (AvgIpc) is 2.58. The summed E-state index contributed by atoms with van der Waals surface area (Å²) in [7, 11) is 0. The van der Waals surface area contributed by atoms with E-state index in [1.807, 2.05) is 54.6 Å². The first-order valence-electron chi connectivity index (χ1n) is 9.23. The lowest BCUT2D eigenvalue weighted by Gasteiger charge is -2.21. The zero-order chi connectivity index (χ0) is 20.1. The van der Waals surface area contributed by atoms with E-state index >= 15 is 0 Å². The van der Waals surface area contributed by atoms with Crippen LogP contribution in [0.3, 0.4) is 0 Å². The zero-order valence-corrected chi connectivity index (χ0v) is 17.2. The molecule has 4 heteroatoms. The summed E-state index contributed by atoms with van der Waals surface area (Å²) in [6, 6.07) is 17.7. The largest absolute Gasteiger partial charge is 0.385 e. The number of nitrogens with one attached hydrogen (secondary N) is 1. The summed E-state index contributed by atoms with van der Waals surface area (Å²) in [5.41, 5.74) is 3.66. The second kappa shape index (κ2) is 8.38. The van der Waals surface area contributed by atoms with Crippen LogP contribution in [-0.4, -0.2) is 18.2 Å². The van der Waals surface area contributed by atoms with E-state index in [4.69, 9.17) is 4.84 Å². The van der Waals surface area contributed by atoms with Gasteiger partial charge in [0.05, 0.1) is 5.71 Å². The van der Waals surface area contributed by atoms with Crippen LogP contribution in [0.1, 0.15) is 52.7 Å². The van der Waals surface area contributed by atoms with Gasteiger partial charge in [-0.3, -0.25) is 4.79 Å². The van der Waals surface area contributed by atoms with Gasteiger partial charge in [-0.2, -0.15) is 0 Å². The summed E-state index contributed by atoms with van der Waals surface area (Å²) < 4.78 is 0. The second-order valence-electron chi connectivity index (χ2n) is 8.70. The number of carbonyl (C=O) groups excluding carboxylic acids is 1. The first kappa shape index (κ1) is 20.7. The Labute approximate surface area is 162 Å². The molecule has 0 saturated heterocycles. The summed E-state index contributed by atoms with van der Waals surface area (Å²) in [6.45, 7) is 12.6. The van der Waals surface area contributed by atoms with Crippen molar-refractivity contribution in [1.82, 2.24) is 0 Å². The minimum Gasteiger partial charge on any atom is -0.385 e. The maximum atomic E-state index is 12.2. The predicted octanol–water partition coefficient (Wildman–Crippen LogP) is 5.39. The topological polar surface area (TPSA) is 50.7 Å². The number of benzene rings is 2. The Morgan fingerprint density at radius 3 is 2.04 bits per heavy atom. The van der Waals surface area contributed by atoms with Crippen LogP contribution in [0.5, 0.6) is 0 Å². The molecule has 0 aliphatic carbocycles. The van der Waals surface area contributed by atoms with E-state index in [9.17, 15) is 4.79 Å². The molecule has 0 spiro atoms. The summed E-state index contributed by atoms with van der Waals surface area (Å²) in [5.74, 6) is -0.233. The molecule has 0 aliphatic rings. The summed E-state index contributed by atoms with van der Waals surface area (Å²) >= 11 is 0. The van der Waals surface area contributed by atoms with Crippen molar-refractivity contribution in [3.05, 3.63) is 65.7 Å². The summed E-state index contributed by atoms with van der Waals surface area (Å²) in [6.07, 6.45) is 0.